The third-order valence-corrected chi connectivity index (χ3v) is 6.14. The normalized spacial score (nSPS) is 34.4. The van der Waals surface area contributed by atoms with E-state index in [-0.39, 0.29) is 12.2 Å². The Hall–Kier alpha value is -2.45. The number of hydrogen-bond donors (Lipinski definition) is 5. The van der Waals surface area contributed by atoms with Crippen molar-refractivity contribution in [1.82, 2.24) is 0 Å². The molecule has 2 saturated heterocycles. The number of ether oxygens (including phenoxy) is 5. The summed E-state index contributed by atoms with van der Waals surface area (Å²) in [5.41, 5.74) is -0.912. The minimum Gasteiger partial charge on any atom is -0.459 e. The summed E-state index contributed by atoms with van der Waals surface area (Å²) < 4.78 is 27.3. The molecule has 5 N–H and O–H groups in total. The van der Waals surface area contributed by atoms with Crippen molar-refractivity contribution in [3.8, 4) is 0 Å². The Morgan fingerprint density at radius 2 is 1.64 bits per heavy atom. The number of rotatable bonds is 9. The van der Waals surface area contributed by atoms with Crippen LogP contribution in [-0.4, -0.2) is 100 Å². The molecule has 2 aliphatic rings. The summed E-state index contributed by atoms with van der Waals surface area (Å²) >= 11 is 0. The first kappa shape index (κ1) is 26.6. The van der Waals surface area contributed by atoms with Crippen molar-refractivity contribution >= 4 is 5.97 Å². The van der Waals surface area contributed by atoms with Crippen molar-refractivity contribution in [2.24, 2.45) is 0 Å². The Morgan fingerprint density at radius 3 is 2.31 bits per heavy atom. The third kappa shape index (κ3) is 5.92. The third-order valence-electron chi connectivity index (χ3n) is 6.14. The van der Waals surface area contributed by atoms with Crippen molar-refractivity contribution in [3.63, 3.8) is 0 Å². The van der Waals surface area contributed by atoms with Crippen molar-refractivity contribution < 1.29 is 54.0 Å². The zero-order valence-electron chi connectivity index (χ0n) is 19.3. The van der Waals surface area contributed by atoms with Gasteiger partial charge in [-0.15, -0.1) is 0 Å². The van der Waals surface area contributed by atoms with E-state index in [0.717, 1.165) is 5.56 Å². The van der Waals surface area contributed by atoms with Crippen LogP contribution in [0.4, 0.5) is 0 Å². The summed E-state index contributed by atoms with van der Waals surface area (Å²) in [5, 5.41) is 52.5. The Balaban J connectivity index is 1.37. The molecule has 196 valence electrons. The molecule has 0 radical (unpaired) electrons. The zero-order chi connectivity index (χ0) is 25.7. The number of carbonyl (C=O) groups excluding carboxylic acids is 1. The Morgan fingerprint density at radius 1 is 0.972 bits per heavy atom. The molecule has 36 heavy (non-hydrogen) atoms. The van der Waals surface area contributed by atoms with E-state index in [1.54, 1.807) is 30.3 Å². The number of aliphatic hydroxyl groups excluding tert-OH is 4. The summed E-state index contributed by atoms with van der Waals surface area (Å²) in [6, 6.07) is 17.2. The Bertz CT molecular complexity index is 974. The summed E-state index contributed by atoms with van der Waals surface area (Å²) in [6.07, 6.45) is -9.99. The predicted molar refractivity (Wildman–Crippen MR) is 121 cm³/mol. The summed E-state index contributed by atoms with van der Waals surface area (Å²) in [5.74, 6) is -0.694. The fraction of sp³-hybridized carbons (Fsp3) is 0.480. The van der Waals surface area contributed by atoms with E-state index < -0.39 is 74.5 Å². The van der Waals surface area contributed by atoms with Gasteiger partial charge < -0.3 is 49.2 Å². The van der Waals surface area contributed by atoms with E-state index in [1.165, 1.54) is 0 Å². The summed E-state index contributed by atoms with van der Waals surface area (Å²) in [4.78, 5) is 12.2. The van der Waals surface area contributed by atoms with Crippen LogP contribution in [0.25, 0.3) is 0 Å². The average molecular weight is 507 g/mol. The van der Waals surface area contributed by atoms with E-state index in [1.807, 2.05) is 30.3 Å². The molecule has 8 unspecified atom stereocenters. The van der Waals surface area contributed by atoms with Gasteiger partial charge in [0.2, 0.25) is 0 Å². The molecule has 0 amide bonds. The van der Waals surface area contributed by atoms with Gasteiger partial charge in [-0.1, -0.05) is 48.5 Å². The lowest BCUT2D eigenvalue weighted by Crippen LogP contribution is -2.61. The number of esters is 1. The van der Waals surface area contributed by atoms with Crippen LogP contribution in [0.1, 0.15) is 15.9 Å². The molecule has 0 spiro atoms. The fourth-order valence-corrected chi connectivity index (χ4v) is 4.00. The van der Waals surface area contributed by atoms with Crippen LogP contribution in [-0.2, 0) is 30.3 Å². The first-order chi connectivity index (χ1) is 17.3. The lowest BCUT2D eigenvalue weighted by Gasteiger charge is -2.42. The SMILES string of the molecule is O=C(OCC1(O)COC(OC2C(O)C(CO)OC(OCc3ccccc3)C2O)C1O)c1ccccc1. The number of benzene rings is 2. The van der Waals surface area contributed by atoms with E-state index >= 15 is 0 Å². The second kappa shape index (κ2) is 11.7. The fourth-order valence-electron chi connectivity index (χ4n) is 4.00. The van der Waals surface area contributed by atoms with Crippen LogP contribution in [0.15, 0.2) is 60.7 Å². The van der Waals surface area contributed by atoms with E-state index in [2.05, 4.69) is 0 Å². The van der Waals surface area contributed by atoms with Crippen LogP contribution in [0.2, 0.25) is 0 Å². The van der Waals surface area contributed by atoms with Crippen molar-refractivity contribution in [2.75, 3.05) is 19.8 Å². The first-order valence-corrected chi connectivity index (χ1v) is 11.5. The molecule has 2 heterocycles. The smallest absolute Gasteiger partial charge is 0.338 e. The van der Waals surface area contributed by atoms with Gasteiger partial charge in [-0.2, -0.15) is 0 Å². The van der Waals surface area contributed by atoms with E-state index in [0.29, 0.717) is 0 Å². The maximum Gasteiger partial charge on any atom is 0.338 e. The Kier molecular flexibility index (Phi) is 8.67. The predicted octanol–water partition coefficient (Wildman–Crippen LogP) is -0.667. The number of aliphatic hydroxyl groups is 5. The lowest BCUT2D eigenvalue weighted by molar-refractivity contribution is -0.331. The second-order valence-electron chi connectivity index (χ2n) is 8.77. The van der Waals surface area contributed by atoms with Gasteiger partial charge in [-0.25, -0.2) is 4.79 Å². The van der Waals surface area contributed by atoms with Crippen molar-refractivity contribution in [2.45, 2.75) is 55.3 Å². The molecular formula is C25H30O11. The lowest BCUT2D eigenvalue weighted by atomic mass is 9.98. The minimum absolute atomic E-state index is 0.0820. The van der Waals surface area contributed by atoms with Gasteiger partial charge >= 0.3 is 5.97 Å². The molecule has 11 heteroatoms. The molecule has 2 aromatic rings. The van der Waals surface area contributed by atoms with Crippen molar-refractivity contribution in [1.29, 1.82) is 0 Å². The van der Waals surface area contributed by atoms with Crippen LogP contribution >= 0.6 is 0 Å². The summed E-state index contributed by atoms with van der Waals surface area (Å²) in [7, 11) is 0. The van der Waals surface area contributed by atoms with Gasteiger partial charge in [0.1, 0.15) is 37.1 Å². The molecule has 0 saturated carbocycles. The average Bonchev–Trinajstić information content (AvgIpc) is 3.19. The molecule has 11 nitrogen and oxygen atoms in total. The van der Waals surface area contributed by atoms with Crippen LogP contribution in [0.3, 0.4) is 0 Å². The van der Waals surface area contributed by atoms with Crippen LogP contribution in [0, 0.1) is 0 Å². The molecule has 8 atom stereocenters. The molecule has 2 fully saturated rings. The molecule has 2 aromatic carbocycles. The van der Waals surface area contributed by atoms with Gasteiger partial charge in [-0.05, 0) is 17.7 Å². The molecule has 0 aliphatic carbocycles. The van der Waals surface area contributed by atoms with Crippen LogP contribution in [0.5, 0.6) is 0 Å². The molecule has 0 bridgehead atoms. The highest BCUT2D eigenvalue weighted by Gasteiger charge is 2.53. The van der Waals surface area contributed by atoms with Gasteiger partial charge in [0.05, 0.1) is 25.4 Å². The van der Waals surface area contributed by atoms with E-state index in [4.69, 9.17) is 23.7 Å². The van der Waals surface area contributed by atoms with Gasteiger partial charge in [0.15, 0.2) is 18.2 Å². The maximum absolute atomic E-state index is 12.2. The quantitative estimate of drug-likeness (QED) is 0.274. The topological polar surface area (TPSA) is 164 Å². The number of carbonyl (C=O) groups is 1. The first-order valence-electron chi connectivity index (χ1n) is 11.5. The van der Waals surface area contributed by atoms with E-state index in [9.17, 15) is 30.3 Å². The summed E-state index contributed by atoms with van der Waals surface area (Å²) in [6.45, 7) is -1.53. The zero-order valence-corrected chi connectivity index (χ0v) is 19.3. The highest BCUT2D eigenvalue weighted by atomic mass is 16.7. The molecule has 0 aromatic heterocycles. The largest absolute Gasteiger partial charge is 0.459 e. The van der Waals surface area contributed by atoms with Gasteiger partial charge in [0, 0.05) is 0 Å². The highest BCUT2D eigenvalue weighted by molar-refractivity contribution is 5.89. The Labute approximate surface area is 207 Å². The second-order valence-corrected chi connectivity index (χ2v) is 8.77. The highest BCUT2D eigenvalue weighted by Crippen LogP contribution is 2.32. The van der Waals surface area contributed by atoms with Crippen molar-refractivity contribution in [3.05, 3.63) is 71.8 Å². The molecule has 2 aliphatic heterocycles. The van der Waals surface area contributed by atoms with Gasteiger partial charge in [0.25, 0.3) is 0 Å². The monoisotopic (exact) mass is 506 g/mol. The maximum atomic E-state index is 12.2. The minimum atomic E-state index is -1.99. The van der Waals surface area contributed by atoms with Crippen LogP contribution < -0.4 is 0 Å². The number of hydrogen-bond acceptors (Lipinski definition) is 11. The molecule has 4 rings (SSSR count). The standard InChI is InChI=1S/C25H30O11/c26-11-17-18(27)20(19(28)23(35-17)32-12-15-7-3-1-4-8-15)36-24-21(29)25(31,14-34-24)13-33-22(30)16-9-5-2-6-10-16/h1-10,17-21,23-24,26-29,31H,11-14H2. The van der Waals surface area contributed by atoms with Gasteiger partial charge in [-0.3, -0.25) is 0 Å². The molecular weight excluding hydrogens is 476 g/mol.